The van der Waals surface area contributed by atoms with Crippen molar-refractivity contribution in [3.05, 3.63) is 41.0 Å². The molecule has 0 spiro atoms. The van der Waals surface area contributed by atoms with Gasteiger partial charge in [0.2, 0.25) is 0 Å². The van der Waals surface area contributed by atoms with Gasteiger partial charge in [-0.3, -0.25) is 4.79 Å². The number of hydrogen-bond acceptors (Lipinski definition) is 5. The van der Waals surface area contributed by atoms with Gasteiger partial charge in [-0.15, -0.1) is 0 Å². The summed E-state index contributed by atoms with van der Waals surface area (Å²) in [6.07, 6.45) is -0.0762. The Labute approximate surface area is 142 Å². The summed E-state index contributed by atoms with van der Waals surface area (Å²) in [7, 11) is 1.55. The molecule has 0 saturated heterocycles. The Balaban J connectivity index is 2.64. The molecule has 1 N–H and O–H groups in total. The first kappa shape index (κ1) is 18.0. The van der Waals surface area contributed by atoms with Crippen molar-refractivity contribution in [2.75, 3.05) is 13.7 Å². The summed E-state index contributed by atoms with van der Waals surface area (Å²) in [5.41, 5.74) is 0.849. The fourth-order valence-corrected chi connectivity index (χ4v) is 3.42. The van der Waals surface area contributed by atoms with Crippen molar-refractivity contribution < 1.29 is 19.4 Å². The van der Waals surface area contributed by atoms with Crippen LogP contribution in [0.15, 0.2) is 35.4 Å². The van der Waals surface area contributed by atoms with Crippen LogP contribution in [0.25, 0.3) is 0 Å². The maximum atomic E-state index is 12.8. The van der Waals surface area contributed by atoms with Gasteiger partial charge < -0.3 is 14.6 Å². The monoisotopic (exact) mass is 329 g/mol. The summed E-state index contributed by atoms with van der Waals surface area (Å²) in [5, 5.41) is 19.8. The van der Waals surface area contributed by atoms with E-state index in [1.807, 2.05) is 25.1 Å². The molecular formula is C19H23NO4. The van der Waals surface area contributed by atoms with E-state index < -0.39 is 17.3 Å². The number of nitrogens with zero attached hydrogens (tertiary/aromatic N) is 1. The number of ether oxygens (including phenoxy) is 2. The van der Waals surface area contributed by atoms with Gasteiger partial charge >= 0.3 is 5.97 Å². The number of esters is 1. The summed E-state index contributed by atoms with van der Waals surface area (Å²) < 4.78 is 10.8. The Morgan fingerprint density at radius 2 is 2.12 bits per heavy atom. The Hall–Kier alpha value is -2.32. The lowest BCUT2D eigenvalue weighted by Crippen LogP contribution is -2.37. The quantitative estimate of drug-likeness (QED) is 0.663. The maximum absolute atomic E-state index is 12.8. The number of hydrogen-bond donors (Lipinski definition) is 1. The molecule has 5 heteroatoms. The Bertz CT molecular complexity index is 702. The van der Waals surface area contributed by atoms with Gasteiger partial charge in [0.05, 0.1) is 25.9 Å². The molecule has 1 aromatic carbocycles. The third kappa shape index (κ3) is 2.90. The number of rotatable bonds is 5. The van der Waals surface area contributed by atoms with Gasteiger partial charge in [-0.2, -0.15) is 5.26 Å². The summed E-state index contributed by atoms with van der Waals surface area (Å²) >= 11 is 0. The van der Waals surface area contributed by atoms with Crippen molar-refractivity contribution in [2.24, 2.45) is 5.41 Å². The van der Waals surface area contributed by atoms with E-state index in [2.05, 4.69) is 6.07 Å². The van der Waals surface area contributed by atoms with E-state index in [9.17, 15) is 15.2 Å². The molecule has 0 fully saturated rings. The zero-order valence-corrected chi connectivity index (χ0v) is 14.5. The van der Waals surface area contributed by atoms with Gasteiger partial charge in [0, 0.05) is 11.5 Å². The van der Waals surface area contributed by atoms with Gasteiger partial charge in [0.1, 0.15) is 5.75 Å². The molecule has 0 amide bonds. The number of methoxy groups -OCH3 is 1. The number of allylic oxidation sites excluding steroid dienone is 1. The summed E-state index contributed by atoms with van der Waals surface area (Å²) in [5.74, 6) is -0.561. The van der Waals surface area contributed by atoms with Gasteiger partial charge in [-0.1, -0.05) is 23.8 Å². The molecule has 0 heterocycles. The molecule has 2 atom stereocenters. The number of nitriles is 1. The van der Waals surface area contributed by atoms with Crippen LogP contribution in [0.2, 0.25) is 0 Å². The van der Waals surface area contributed by atoms with Crippen LogP contribution >= 0.6 is 0 Å². The molecule has 0 unspecified atom stereocenters. The van der Waals surface area contributed by atoms with E-state index in [1.54, 1.807) is 27.0 Å². The highest BCUT2D eigenvalue weighted by molar-refractivity contribution is 5.84. The van der Waals surface area contributed by atoms with Crippen molar-refractivity contribution in [1.82, 2.24) is 0 Å². The van der Waals surface area contributed by atoms with Crippen LogP contribution < -0.4 is 4.74 Å². The highest BCUT2D eigenvalue weighted by Gasteiger charge is 2.55. The number of benzene rings is 1. The zero-order valence-electron chi connectivity index (χ0n) is 14.5. The maximum Gasteiger partial charge on any atom is 0.328 e. The van der Waals surface area contributed by atoms with Crippen molar-refractivity contribution >= 4 is 5.97 Å². The molecular weight excluding hydrogens is 306 g/mol. The zero-order chi connectivity index (χ0) is 17.9. The minimum Gasteiger partial charge on any atom is -0.496 e. The van der Waals surface area contributed by atoms with E-state index >= 15 is 0 Å². The van der Waals surface area contributed by atoms with E-state index in [-0.39, 0.29) is 19.1 Å². The molecule has 24 heavy (non-hydrogen) atoms. The first-order chi connectivity index (χ1) is 11.4. The predicted molar refractivity (Wildman–Crippen MR) is 89.4 cm³/mol. The van der Waals surface area contributed by atoms with E-state index in [0.717, 1.165) is 5.57 Å². The van der Waals surface area contributed by atoms with Crippen LogP contribution in [0.5, 0.6) is 5.75 Å². The number of carbonyl (C=O) groups is 1. The van der Waals surface area contributed by atoms with Crippen LogP contribution in [-0.4, -0.2) is 30.9 Å². The first-order valence-electron chi connectivity index (χ1n) is 7.95. The number of aliphatic hydroxyl groups excluding tert-OH is 1. The molecule has 0 saturated carbocycles. The van der Waals surface area contributed by atoms with Gasteiger partial charge in [0.25, 0.3) is 0 Å². The second-order valence-corrected chi connectivity index (χ2v) is 6.35. The minimum absolute atomic E-state index is 0.215. The predicted octanol–water partition coefficient (Wildman–Crippen LogP) is 2.95. The van der Waals surface area contributed by atoms with Crippen LogP contribution in [0.3, 0.4) is 0 Å². The molecule has 0 aromatic heterocycles. The SMILES string of the molecule is COc1ccccc1[C@@H]1C(CO)=C(C)C[C@@]1(C#N)C(=O)OC(C)C. The summed E-state index contributed by atoms with van der Waals surface area (Å²) in [6.45, 7) is 5.13. The Morgan fingerprint density at radius 1 is 1.46 bits per heavy atom. The minimum atomic E-state index is -1.39. The third-order valence-electron chi connectivity index (χ3n) is 4.46. The van der Waals surface area contributed by atoms with Gasteiger partial charge in [-0.05, 0) is 38.8 Å². The van der Waals surface area contributed by atoms with Crippen LogP contribution in [0, 0.1) is 16.7 Å². The highest BCUT2D eigenvalue weighted by Crippen LogP contribution is 2.54. The Kier molecular flexibility index (Phi) is 5.30. The largest absolute Gasteiger partial charge is 0.496 e. The molecule has 128 valence electrons. The topological polar surface area (TPSA) is 79.5 Å². The molecule has 0 bridgehead atoms. The normalized spacial score (nSPS) is 23.3. The van der Waals surface area contributed by atoms with Crippen molar-refractivity contribution in [3.63, 3.8) is 0 Å². The second kappa shape index (κ2) is 7.06. The Morgan fingerprint density at radius 3 is 2.67 bits per heavy atom. The molecule has 1 aromatic rings. The van der Waals surface area contributed by atoms with Gasteiger partial charge in [0.15, 0.2) is 5.41 Å². The molecule has 0 radical (unpaired) electrons. The smallest absolute Gasteiger partial charge is 0.328 e. The highest BCUT2D eigenvalue weighted by atomic mass is 16.5. The van der Waals surface area contributed by atoms with E-state index in [0.29, 0.717) is 16.9 Å². The molecule has 1 aliphatic carbocycles. The fraction of sp³-hybridized carbons (Fsp3) is 0.474. The fourth-order valence-electron chi connectivity index (χ4n) is 3.42. The number of carbonyl (C=O) groups excluding carboxylic acids is 1. The average Bonchev–Trinajstić information content (AvgIpc) is 2.86. The lowest BCUT2D eigenvalue weighted by molar-refractivity contribution is -0.156. The lowest BCUT2D eigenvalue weighted by Gasteiger charge is -2.30. The second-order valence-electron chi connectivity index (χ2n) is 6.35. The molecule has 1 aliphatic rings. The standard InChI is InChI=1S/C19H23NO4/c1-12(2)24-18(22)19(11-20)9-13(3)15(10-21)17(19)14-7-5-6-8-16(14)23-4/h5-8,12,17,21H,9-10H2,1-4H3/t17-,19+/m1/s1. The van der Waals surface area contributed by atoms with Crippen molar-refractivity contribution in [3.8, 4) is 11.8 Å². The lowest BCUT2D eigenvalue weighted by atomic mass is 9.72. The van der Waals surface area contributed by atoms with E-state index in [4.69, 9.17) is 9.47 Å². The van der Waals surface area contributed by atoms with Crippen molar-refractivity contribution in [2.45, 2.75) is 39.2 Å². The molecule has 5 nitrogen and oxygen atoms in total. The van der Waals surface area contributed by atoms with Crippen LogP contribution in [0.1, 0.15) is 38.7 Å². The average molecular weight is 329 g/mol. The summed E-state index contributed by atoms with van der Waals surface area (Å²) in [6, 6.07) is 9.46. The first-order valence-corrected chi connectivity index (χ1v) is 7.95. The van der Waals surface area contributed by atoms with Crippen molar-refractivity contribution in [1.29, 1.82) is 5.26 Å². The van der Waals surface area contributed by atoms with Crippen LogP contribution in [-0.2, 0) is 9.53 Å². The third-order valence-corrected chi connectivity index (χ3v) is 4.46. The number of para-hydroxylation sites is 1. The van der Waals surface area contributed by atoms with E-state index in [1.165, 1.54) is 0 Å². The molecule has 2 rings (SSSR count). The molecule has 0 aliphatic heterocycles. The van der Waals surface area contributed by atoms with Gasteiger partial charge in [-0.25, -0.2) is 0 Å². The summed E-state index contributed by atoms with van der Waals surface area (Å²) in [4.78, 5) is 12.8. The number of aliphatic hydroxyl groups is 1. The van der Waals surface area contributed by atoms with Crippen LogP contribution in [0.4, 0.5) is 0 Å².